The van der Waals surface area contributed by atoms with Crippen molar-refractivity contribution in [2.45, 2.75) is 45.5 Å². The average Bonchev–Trinajstić information content (AvgIpc) is 2.40. The first kappa shape index (κ1) is 20.7. The maximum Gasteiger partial charge on any atom is 0.118 e. The summed E-state index contributed by atoms with van der Waals surface area (Å²) in [5, 5.41) is 0. The third kappa shape index (κ3) is 15.4. The molecule has 112 valence electrons. The Morgan fingerprint density at radius 3 is 1.95 bits per heavy atom. The van der Waals surface area contributed by atoms with E-state index < -0.39 is 0 Å². The van der Waals surface area contributed by atoms with Gasteiger partial charge in [-0.2, -0.15) is 0 Å². The number of carbonyl (C=O) groups excluding carboxylic acids is 1. The average molecular weight is 379 g/mol. The molecule has 3 heteroatoms. The Hall–Kier alpha value is -0.580. The molecule has 0 aliphatic heterocycles. The summed E-state index contributed by atoms with van der Waals surface area (Å²) in [6.07, 6.45) is 0. The molecule has 0 heterocycles. The zero-order chi connectivity index (χ0) is 15.3. The second-order valence-electron chi connectivity index (χ2n) is 4.02. The Morgan fingerprint density at radius 2 is 1.68 bits per heavy atom. The SMILES string of the molecule is CC.CC(=O)C[I-]C(C)C.COc1ccc(C)cc1. The summed E-state index contributed by atoms with van der Waals surface area (Å²) in [5.74, 6) is 1.27. The van der Waals surface area contributed by atoms with Crippen molar-refractivity contribution in [2.75, 3.05) is 11.5 Å². The van der Waals surface area contributed by atoms with Gasteiger partial charge in [0.15, 0.2) is 0 Å². The summed E-state index contributed by atoms with van der Waals surface area (Å²) >= 11 is 0.175. The quantitative estimate of drug-likeness (QED) is 0.579. The maximum absolute atomic E-state index is 10.4. The largest absolute Gasteiger partial charge is 0.497 e. The van der Waals surface area contributed by atoms with Crippen LogP contribution in [0.3, 0.4) is 0 Å². The minimum absolute atomic E-state index is 0.175. The van der Waals surface area contributed by atoms with Gasteiger partial charge in [-0.3, -0.25) is 0 Å². The minimum Gasteiger partial charge on any atom is -0.497 e. The van der Waals surface area contributed by atoms with Crippen LogP contribution in [0.25, 0.3) is 0 Å². The molecule has 1 rings (SSSR count). The van der Waals surface area contributed by atoms with Gasteiger partial charge in [0, 0.05) is 0 Å². The van der Waals surface area contributed by atoms with Crippen LogP contribution in [0.1, 0.15) is 40.2 Å². The Morgan fingerprint density at radius 1 is 1.21 bits per heavy atom. The molecule has 0 bridgehead atoms. The van der Waals surface area contributed by atoms with E-state index in [9.17, 15) is 4.79 Å². The van der Waals surface area contributed by atoms with Crippen LogP contribution < -0.4 is 25.9 Å². The van der Waals surface area contributed by atoms with Crippen LogP contribution in [0.5, 0.6) is 5.75 Å². The van der Waals surface area contributed by atoms with Crippen molar-refractivity contribution >= 4 is 5.78 Å². The van der Waals surface area contributed by atoms with Crippen molar-refractivity contribution < 1.29 is 30.7 Å². The van der Waals surface area contributed by atoms with E-state index in [1.807, 2.05) is 38.1 Å². The fraction of sp³-hybridized carbons (Fsp3) is 0.562. The van der Waals surface area contributed by atoms with Crippen molar-refractivity contribution in [1.82, 2.24) is 0 Å². The molecular formula is C16H28IO2-. The third-order valence-electron chi connectivity index (χ3n) is 1.83. The van der Waals surface area contributed by atoms with Crippen molar-refractivity contribution in [3.05, 3.63) is 29.8 Å². The molecule has 0 aliphatic rings. The van der Waals surface area contributed by atoms with Gasteiger partial charge in [-0.1, -0.05) is 31.5 Å². The van der Waals surface area contributed by atoms with Crippen LogP contribution in [0.2, 0.25) is 0 Å². The first-order valence-corrected chi connectivity index (χ1v) is 9.40. The summed E-state index contributed by atoms with van der Waals surface area (Å²) in [7, 11) is 1.67. The molecule has 0 atom stereocenters. The van der Waals surface area contributed by atoms with Crippen LogP contribution in [0.15, 0.2) is 24.3 Å². The van der Waals surface area contributed by atoms with Crippen molar-refractivity contribution in [1.29, 1.82) is 0 Å². The summed E-state index contributed by atoms with van der Waals surface area (Å²) in [5.41, 5.74) is 1.26. The number of benzene rings is 1. The van der Waals surface area contributed by atoms with Gasteiger partial charge < -0.3 is 4.74 Å². The summed E-state index contributed by atoms with van der Waals surface area (Å²) < 4.78 is 6.60. The van der Waals surface area contributed by atoms with E-state index in [1.54, 1.807) is 14.0 Å². The number of methoxy groups -OCH3 is 1. The molecule has 0 unspecified atom stereocenters. The van der Waals surface area contributed by atoms with E-state index in [4.69, 9.17) is 4.74 Å². The topological polar surface area (TPSA) is 26.3 Å². The minimum atomic E-state index is 0.175. The molecule has 0 spiro atoms. The van der Waals surface area contributed by atoms with Gasteiger partial charge in [-0.05, 0) is 19.1 Å². The van der Waals surface area contributed by atoms with Gasteiger partial charge in [-0.25, -0.2) is 0 Å². The Balaban J connectivity index is 0. The maximum atomic E-state index is 10.4. The number of ether oxygens (including phenoxy) is 1. The fourth-order valence-corrected chi connectivity index (χ4v) is 2.44. The molecule has 0 aromatic heterocycles. The summed E-state index contributed by atoms with van der Waals surface area (Å²) in [4.78, 5) is 10.4. The van der Waals surface area contributed by atoms with Gasteiger partial charge in [0.05, 0.1) is 7.11 Å². The van der Waals surface area contributed by atoms with E-state index in [-0.39, 0.29) is 21.2 Å². The van der Waals surface area contributed by atoms with Crippen LogP contribution in [0.4, 0.5) is 0 Å². The third-order valence-corrected chi connectivity index (χ3v) is 5.11. The number of ketones is 1. The molecule has 1 aromatic carbocycles. The smallest absolute Gasteiger partial charge is 0.118 e. The molecule has 0 saturated carbocycles. The number of hydrogen-bond donors (Lipinski definition) is 0. The number of alkyl halides is 2. The van der Waals surface area contributed by atoms with Crippen LogP contribution in [-0.2, 0) is 4.79 Å². The van der Waals surface area contributed by atoms with Gasteiger partial charge in [0.1, 0.15) is 5.75 Å². The normalized spacial score (nSPS) is 9.05. The van der Waals surface area contributed by atoms with Gasteiger partial charge in [0.2, 0.25) is 0 Å². The first-order valence-electron chi connectivity index (χ1n) is 6.63. The molecule has 0 radical (unpaired) electrons. The van der Waals surface area contributed by atoms with Crippen LogP contribution in [-0.4, -0.2) is 21.2 Å². The monoisotopic (exact) mass is 379 g/mol. The molecule has 2 nitrogen and oxygen atoms in total. The Bertz CT molecular complexity index is 318. The zero-order valence-electron chi connectivity index (χ0n) is 13.3. The van der Waals surface area contributed by atoms with E-state index in [1.165, 1.54) is 5.56 Å². The van der Waals surface area contributed by atoms with Gasteiger partial charge in [0.25, 0.3) is 0 Å². The van der Waals surface area contributed by atoms with Crippen molar-refractivity contribution in [2.24, 2.45) is 0 Å². The summed E-state index contributed by atoms with van der Waals surface area (Å²) in [6, 6.07) is 7.96. The van der Waals surface area contributed by atoms with Crippen LogP contribution >= 0.6 is 0 Å². The Kier molecular flexibility index (Phi) is 15.1. The summed E-state index contributed by atoms with van der Waals surface area (Å²) in [6.45, 7) is 12.1. The second kappa shape index (κ2) is 13.8. The predicted octanol–water partition coefficient (Wildman–Crippen LogP) is 1.10. The van der Waals surface area contributed by atoms with E-state index in [0.29, 0.717) is 5.78 Å². The molecule has 0 fully saturated rings. The van der Waals surface area contributed by atoms with E-state index in [2.05, 4.69) is 20.8 Å². The second-order valence-corrected chi connectivity index (χ2v) is 8.16. The number of Topliss-reactive ketones (excluding diaryl/α,β-unsaturated/α-hetero) is 1. The first-order chi connectivity index (χ1) is 8.95. The van der Waals surface area contributed by atoms with Crippen molar-refractivity contribution in [3.63, 3.8) is 0 Å². The van der Waals surface area contributed by atoms with Gasteiger partial charge >= 0.3 is 60.9 Å². The number of carbonyl (C=O) groups is 1. The molecule has 0 aliphatic carbocycles. The van der Waals surface area contributed by atoms with E-state index >= 15 is 0 Å². The predicted molar refractivity (Wildman–Crippen MR) is 79.8 cm³/mol. The molecule has 1 aromatic rings. The van der Waals surface area contributed by atoms with E-state index in [0.717, 1.165) is 14.1 Å². The fourth-order valence-electron chi connectivity index (χ4n) is 0.937. The molecular weight excluding hydrogens is 351 g/mol. The number of rotatable bonds is 4. The van der Waals surface area contributed by atoms with Gasteiger partial charge in [-0.15, -0.1) is 0 Å². The Labute approximate surface area is 129 Å². The van der Waals surface area contributed by atoms with Crippen LogP contribution in [0, 0.1) is 6.92 Å². The zero-order valence-corrected chi connectivity index (χ0v) is 15.4. The number of hydrogen-bond acceptors (Lipinski definition) is 2. The molecule has 0 N–H and O–H groups in total. The molecule has 0 amide bonds. The molecule has 19 heavy (non-hydrogen) atoms. The molecule has 0 saturated heterocycles. The number of halogens is 1. The van der Waals surface area contributed by atoms with Crippen molar-refractivity contribution in [3.8, 4) is 5.75 Å². The standard InChI is InChI=1S/C8H10O.C6H12IO.C2H6/c1-7-3-5-8(9-2)6-4-7;1-5(2)7-4-6(3)8;1-2/h3-6H,1-2H3;5H,4H2,1-3H3;1-2H3/q;-1;. The number of aryl methyl sites for hydroxylation is 1.